The van der Waals surface area contributed by atoms with Crippen molar-refractivity contribution in [3.05, 3.63) is 107 Å². The van der Waals surface area contributed by atoms with E-state index in [1.807, 2.05) is 24.3 Å². The summed E-state index contributed by atoms with van der Waals surface area (Å²) < 4.78 is 2.21. The lowest BCUT2D eigenvalue weighted by molar-refractivity contribution is -0.120. The van der Waals surface area contributed by atoms with Crippen LogP contribution in [0.4, 0.5) is 0 Å². The summed E-state index contributed by atoms with van der Waals surface area (Å²) in [4.78, 5) is 32.8. The second kappa shape index (κ2) is 11.6. The third-order valence-corrected chi connectivity index (χ3v) is 5.66. The number of hydrogen-bond donors (Lipinski definition) is 4. The zero-order valence-corrected chi connectivity index (χ0v) is 19.3. The van der Waals surface area contributed by atoms with Gasteiger partial charge >= 0.3 is 11.9 Å². The van der Waals surface area contributed by atoms with Gasteiger partial charge in [0.2, 0.25) is 5.91 Å². The van der Waals surface area contributed by atoms with Gasteiger partial charge < -0.3 is 14.8 Å². The molecule has 0 fully saturated rings. The average Bonchev–Trinajstić information content (AvgIpc) is 3.20. The molecule has 0 spiro atoms. The molecule has 0 saturated carbocycles. The standard InChI is InChI=1S/C18H19N3O.C9H8O4/c19-20-18(22)12-15-13-21(17-9-5-4-8-16(15)17)11-10-14-6-2-1-3-7-14;1-5-6(8(10)11)3-2-4-7(5)9(12)13/h1-9,13H,10-12,19H2,(H,20,22);2-4H,1H3,(H,10,11)(H,12,13). The minimum atomic E-state index is -1.11. The van der Waals surface area contributed by atoms with Crippen molar-refractivity contribution in [2.45, 2.75) is 26.3 Å². The molecule has 1 aromatic heterocycles. The molecule has 0 saturated heterocycles. The number of nitrogens with zero attached hydrogens (tertiary/aromatic N) is 1. The molecule has 0 bridgehead atoms. The highest BCUT2D eigenvalue weighted by Crippen LogP contribution is 2.22. The first-order valence-electron chi connectivity index (χ1n) is 11.0. The van der Waals surface area contributed by atoms with Crippen LogP contribution >= 0.6 is 0 Å². The predicted octanol–water partition coefficient (Wildman–Crippen LogP) is 3.81. The number of rotatable bonds is 7. The number of para-hydroxylation sites is 1. The van der Waals surface area contributed by atoms with Crippen molar-refractivity contribution in [1.29, 1.82) is 0 Å². The molecule has 0 atom stereocenters. The van der Waals surface area contributed by atoms with Gasteiger partial charge in [0.05, 0.1) is 17.5 Å². The number of aromatic carboxylic acids is 2. The van der Waals surface area contributed by atoms with Gasteiger partial charge in [-0.05, 0) is 48.2 Å². The molecule has 0 radical (unpaired) electrons. The Kier molecular flexibility index (Phi) is 8.37. The number of carbonyl (C=O) groups is 3. The molecule has 4 aromatic rings. The van der Waals surface area contributed by atoms with E-state index in [4.69, 9.17) is 16.1 Å². The first-order valence-corrected chi connectivity index (χ1v) is 11.0. The average molecular weight is 474 g/mol. The van der Waals surface area contributed by atoms with Gasteiger partial charge in [-0.2, -0.15) is 0 Å². The molecule has 0 aliphatic carbocycles. The highest BCUT2D eigenvalue weighted by atomic mass is 16.4. The van der Waals surface area contributed by atoms with Crippen LogP contribution in [0.15, 0.2) is 79.0 Å². The summed E-state index contributed by atoms with van der Waals surface area (Å²) in [7, 11) is 0. The Morgan fingerprint density at radius 1 is 0.857 bits per heavy atom. The molecule has 1 heterocycles. The van der Waals surface area contributed by atoms with Crippen molar-refractivity contribution in [2.75, 3.05) is 0 Å². The molecule has 8 heteroatoms. The smallest absolute Gasteiger partial charge is 0.335 e. The van der Waals surface area contributed by atoms with Gasteiger partial charge in [0.1, 0.15) is 0 Å². The van der Waals surface area contributed by atoms with E-state index in [0.29, 0.717) is 6.42 Å². The third-order valence-electron chi connectivity index (χ3n) is 5.66. The number of aryl methyl sites for hydroxylation is 2. The van der Waals surface area contributed by atoms with Gasteiger partial charge in [0.15, 0.2) is 0 Å². The molecule has 8 nitrogen and oxygen atoms in total. The van der Waals surface area contributed by atoms with Crippen molar-refractivity contribution >= 4 is 28.7 Å². The van der Waals surface area contributed by atoms with E-state index in [1.54, 1.807) is 0 Å². The summed E-state index contributed by atoms with van der Waals surface area (Å²) in [6.07, 6.45) is 3.32. The molecule has 3 aromatic carbocycles. The summed E-state index contributed by atoms with van der Waals surface area (Å²) in [6, 6.07) is 22.7. The number of aromatic nitrogens is 1. The van der Waals surface area contributed by atoms with Crippen molar-refractivity contribution in [2.24, 2.45) is 5.84 Å². The van der Waals surface area contributed by atoms with Gasteiger partial charge in [-0.25, -0.2) is 15.4 Å². The SMILES string of the molecule is Cc1c(C(=O)O)cccc1C(=O)O.NNC(=O)Cc1cn(CCc2ccccc2)c2ccccc12. The summed E-state index contributed by atoms with van der Waals surface area (Å²) in [6.45, 7) is 2.36. The van der Waals surface area contributed by atoms with Gasteiger partial charge in [-0.1, -0.05) is 54.6 Å². The fourth-order valence-electron chi connectivity index (χ4n) is 3.87. The maximum atomic E-state index is 11.6. The lowest BCUT2D eigenvalue weighted by atomic mass is 10.0. The Balaban J connectivity index is 0.000000225. The van der Waals surface area contributed by atoms with Crippen molar-refractivity contribution in [3.8, 4) is 0 Å². The second-order valence-corrected chi connectivity index (χ2v) is 7.93. The lowest BCUT2D eigenvalue weighted by Crippen LogP contribution is -2.31. The zero-order chi connectivity index (χ0) is 25.4. The number of hydrazine groups is 1. The molecule has 5 N–H and O–H groups in total. The summed E-state index contributed by atoms with van der Waals surface area (Å²) in [5.74, 6) is 2.80. The number of carboxylic acid groups (broad SMARTS) is 2. The summed E-state index contributed by atoms with van der Waals surface area (Å²) in [5, 5.41) is 18.5. The zero-order valence-electron chi connectivity index (χ0n) is 19.3. The number of fused-ring (bicyclic) bond motifs is 1. The Morgan fingerprint density at radius 3 is 2.06 bits per heavy atom. The monoisotopic (exact) mass is 473 g/mol. The van der Waals surface area contributed by atoms with Gasteiger partial charge in [-0.15, -0.1) is 0 Å². The van der Waals surface area contributed by atoms with Crippen molar-refractivity contribution < 1.29 is 24.6 Å². The molecule has 180 valence electrons. The molecule has 0 aliphatic heterocycles. The molecular formula is C27H27N3O5. The van der Waals surface area contributed by atoms with E-state index in [1.165, 1.54) is 30.7 Å². The van der Waals surface area contributed by atoms with Crippen LogP contribution in [0.2, 0.25) is 0 Å². The first-order chi connectivity index (χ1) is 16.8. The minimum absolute atomic E-state index is 0.0277. The third kappa shape index (κ3) is 6.33. The van der Waals surface area contributed by atoms with Gasteiger partial charge in [0, 0.05) is 23.6 Å². The van der Waals surface area contributed by atoms with Crippen LogP contribution < -0.4 is 11.3 Å². The Morgan fingerprint density at radius 2 is 1.46 bits per heavy atom. The number of carboxylic acids is 2. The molecule has 0 unspecified atom stereocenters. The van der Waals surface area contributed by atoms with Crippen molar-refractivity contribution in [1.82, 2.24) is 9.99 Å². The van der Waals surface area contributed by atoms with Crippen LogP contribution in [0.5, 0.6) is 0 Å². The van der Waals surface area contributed by atoms with Crippen LogP contribution in [0, 0.1) is 6.92 Å². The molecule has 1 amide bonds. The summed E-state index contributed by atoms with van der Waals surface area (Å²) >= 11 is 0. The first kappa shape index (κ1) is 25.2. The highest BCUT2D eigenvalue weighted by molar-refractivity contribution is 5.96. The molecule has 0 aliphatic rings. The largest absolute Gasteiger partial charge is 0.478 e. The Hall–Kier alpha value is -4.43. The normalized spacial score (nSPS) is 10.3. The Bertz CT molecular complexity index is 1310. The maximum absolute atomic E-state index is 11.6. The van der Waals surface area contributed by atoms with E-state index in [9.17, 15) is 14.4 Å². The van der Waals surface area contributed by atoms with E-state index in [-0.39, 0.29) is 22.6 Å². The van der Waals surface area contributed by atoms with E-state index in [2.05, 4.69) is 46.5 Å². The van der Waals surface area contributed by atoms with Crippen molar-refractivity contribution in [3.63, 3.8) is 0 Å². The topological polar surface area (TPSA) is 135 Å². The highest BCUT2D eigenvalue weighted by Gasteiger charge is 2.14. The van der Waals surface area contributed by atoms with Gasteiger partial charge in [0.25, 0.3) is 0 Å². The Labute approximate surface area is 202 Å². The number of carbonyl (C=O) groups excluding carboxylic acids is 1. The number of amides is 1. The van der Waals surface area contributed by atoms with Crippen LogP contribution in [-0.2, 0) is 24.2 Å². The molecular weight excluding hydrogens is 446 g/mol. The van der Waals surface area contributed by atoms with Crippen LogP contribution in [0.25, 0.3) is 10.9 Å². The number of benzene rings is 3. The molecule has 4 rings (SSSR count). The lowest BCUT2D eigenvalue weighted by Gasteiger charge is -2.05. The maximum Gasteiger partial charge on any atom is 0.335 e. The fraction of sp³-hybridized carbons (Fsp3) is 0.148. The van der Waals surface area contributed by atoms with Crippen LogP contribution in [0.3, 0.4) is 0 Å². The van der Waals surface area contributed by atoms with Gasteiger partial charge in [-0.3, -0.25) is 10.2 Å². The fourth-order valence-corrected chi connectivity index (χ4v) is 3.87. The van der Waals surface area contributed by atoms with E-state index < -0.39 is 11.9 Å². The second-order valence-electron chi connectivity index (χ2n) is 7.93. The predicted molar refractivity (Wildman–Crippen MR) is 133 cm³/mol. The van der Waals surface area contributed by atoms with Crippen LogP contribution in [0.1, 0.15) is 37.4 Å². The number of hydrogen-bond acceptors (Lipinski definition) is 4. The molecule has 35 heavy (non-hydrogen) atoms. The number of nitrogens with two attached hydrogens (primary N) is 1. The number of nitrogens with one attached hydrogen (secondary N) is 1. The quantitative estimate of drug-likeness (QED) is 0.183. The van der Waals surface area contributed by atoms with E-state index in [0.717, 1.165) is 29.4 Å². The van der Waals surface area contributed by atoms with Crippen LogP contribution in [-0.4, -0.2) is 32.6 Å². The summed E-state index contributed by atoms with van der Waals surface area (Å²) in [5.41, 5.74) is 6.00. The van der Waals surface area contributed by atoms with E-state index >= 15 is 0 Å². The minimum Gasteiger partial charge on any atom is -0.478 e.